The summed E-state index contributed by atoms with van der Waals surface area (Å²) < 4.78 is 1.56. The fourth-order valence-electron chi connectivity index (χ4n) is 3.86. The van der Waals surface area contributed by atoms with E-state index >= 15 is 0 Å². The molecule has 7 nitrogen and oxygen atoms in total. The zero-order valence-corrected chi connectivity index (χ0v) is 19.3. The van der Waals surface area contributed by atoms with E-state index in [-0.39, 0.29) is 22.6 Å². The maximum absolute atomic E-state index is 12.7. The minimum absolute atomic E-state index is 0.0601. The van der Waals surface area contributed by atoms with Gasteiger partial charge in [0.15, 0.2) is 16.6 Å². The molecule has 1 aliphatic rings. The Kier molecular flexibility index (Phi) is 5.92. The number of thioether (sulfide) groups is 1. The molecule has 1 N–H and O–H groups in total. The van der Waals surface area contributed by atoms with Crippen LogP contribution in [-0.2, 0) is 10.2 Å². The monoisotopic (exact) mass is 439 g/mol. The van der Waals surface area contributed by atoms with Crippen LogP contribution in [0, 0.1) is 5.92 Å². The fourth-order valence-corrected chi connectivity index (χ4v) is 4.72. The first-order chi connectivity index (χ1) is 14.7. The zero-order chi connectivity index (χ0) is 22.2. The van der Waals surface area contributed by atoms with Crippen molar-refractivity contribution in [2.24, 2.45) is 5.92 Å². The van der Waals surface area contributed by atoms with Crippen molar-refractivity contribution in [2.75, 3.05) is 18.8 Å². The second-order valence-electron chi connectivity index (χ2n) is 9.35. The van der Waals surface area contributed by atoms with Crippen LogP contribution in [0.2, 0.25) is 0 Å². The number of aromatic nitrogens is 4. The molecule has 0 bridgehead atoms. The number of amides is 1. The van der Waals surface area contributed by atoms with Crippen LogP contribution in [0.5, 0.6) is 0 Å². The summed E-state index contributed by atoms with van der Waals surface area (Å²) in [5.41, 5.74) is 2.42. The molecule has 2 aromatic heterocycles. The molecule has 3 heterocycles. The third-order valence-electron chi connectivity index (χ3n) is 5.67. The Bertz CT molecular complexity index is 1140. The Morgan fingerprint density at radius 3 is 2.65 bits per heavy atom. The lowest BCUT2D eigenvalue weighted by molar-refractivity contribution is -0.130. The van der Waals surface area contributed by atoms with E-state index in [0.717, 1.165) is 25.1 Å². The summed E-state index contributed by atoms with van der Waals surface area (Å²) in [4.78, 5) is 35.8. The number of aromatic amines is 1. The molecular formula is C23H29N5O2S. The van der Waals surface area contributed by atoms with E-state index < -0.39 is 0 Å². The number of likely N-dealkylation sites (tertiary alicyclic amines) is 1. The van der Waals surface area contributed by atoms with Crippen molar-refractivity contribution in [1.29, 1.82) is 0 Å². The molecule has 0 spiro atoms. The predicted molar refractivity (Wildman–Crippen MR) is 123 cm³/mol. The van der Waals surface area contributed by atoms with E-state index in [1.54, 1.807) is 4.52 Å². The third-order valence-corrected chi connectivity index (χ3v) is 6.59. The van der Waals surface area contributed by atoms with Crippen LogP contribution in [0.4, 0.5) is 0 Å². The number of rotatable bonds is 4. The maximum atomic E-state index is 12.7. The van der Waals surface area contributed by atoms with Crippen molar-refractivity contribution in [3.63, 3.8) is 0 Å². The van der Waals surface area contributed by atoms with Gasteiger partial charge in [0.1, 0.15) is 0 Å². The summed E-state index contributed by atoms with van der Waals surface area (Å²) in [5.74, 6) is 1.47. The standard InChI is InChI=1S/C23H29N5O2S/c1-15-6-5-11-27(13-15)20(30)14-31-22-25-21(24-18-12-19(29)26-28(18)22)16-7-9-17(10-8-16)23(2,3)4/h7-10,12,15H,5-6,11,13-14H2,1-4H3,(H,26,29)/t15-/m1/s1. The molecule has 164 valence electrons. The van der Waals surface area contributed by atoms with Gasteiger partial charge in [-0.25, -0.2) is 14.5 Å². The number of nitrogens with one attached hydrogen (secondary N) is 1. The second-order valence-corrected chi connectivity index (χ2v) is 10.3. The van der Waals surface area contributed by atoms with Gasteiger partial charge >= 0.3 is 0 Å². The van der Waals surface area contributed by atoms with Crippen LogP contribution >= 0.6 is 11.8 Å². The van der Waals surface area contributed by atoms with Crippen molar-refractivity contribution in [1.82, 2.24) is 24.5 Å². The van der Waals surface area contributed by atoms with E-state index in [2.05, 4.69) is 54.9 Å². The van der Waals surface area contributed by atoms with Crippen molar-refractivity contribution < 1.29 is 4.79 Å². The quantitative estimate of drug-likeness (QED) is 0.626. The lowest BCUT2D eigenvalue weighted by atomic mass is 9.87. The number of carbonyl (C=O) groups is 1. The van der Waals surface area contributed by atoms with Gasteiger partial charge in [-0.15, -0.1) is 0 Å². The van der Waals surface area contributed by atoms with Crippen LogP contribution in [0.15, 0.2) is 40.3 Å². The molecule has 3 aromatic rings. The first kappa shape index (κ1) is 21.6. The van der Waals surface area contributed by atoms with Gasteiger partial charge in [0, 0.05) is 24.7 Å². The van der Waals surface area contributed by atoms with E-state index in [1.165, 1.54) is 29.8 Å². The number of piperidine rings is 1. The van der Waals surface area contributed by atoms with Crippen molar-refractivity contribution in [3.05, 3.63) is 46.2 Å². The summed E-state index contributed by atoms with van der Waals surface area (Å²) in [6, 6.07) is 9.63. The molecule has 8 heteroatoms. The Morgan fingerprint density at radius 1 is 1.23 bits per heavy atom. The topological polar surface area (TPSA) is 83.4 Å². The normalized spacial score (nSPS) is 17.3. The molecule has 0 unspecified atom stereocenters. The highest BCUT2D eigenvalue weighted by molar-refractivity contribution is 7.99. The summed E-state index contributed by atoms with van der Waals surface area (Å²) in [5, 5.41) is 3.29. The molecule has 1 fully saturated rings. The molecule has 1 amide bonds. The average molecular weight is 440 g/mol. The summed E-state index contributed by atoms with van der Waals surface area (Å²) in [6.45, 7) is 10.3. The number of hydrogen-bond donors (Lipinski definition) is 1. The predicted octanol–water partition coefficient (Wildman–Crippen LogP) is 3.73. The number of hydrogen-bond acceptors (Lipinski definition) is 5. The van der Waals surface area contributed by atoms with Gasteiger partial charge in [0.05, 0.1) is 5.75 Å². The van der Waals surface area contributed by atoms with Crippen molar-refractivity contribution in [2.45, 2.75) is 51.1 Å². The molecule has 1 atom stereocenters. The van der Waals surface area contributed by atoms with Gasteiger partial charge in [0.25, 0.3) is 5.56 Å². The van der Waals surface area contributed by atoms with Gasteiger partial charge in [0.2, 0.25) is 5.91 Å². The van der Waals surface area contributed by atoms with E-state index in [1.807, 2.05) is 17.0 Å². The minimum atomic E-state index is -0.243. The van der Waals surface area contributed by atoms with Crippen LogP contribution in [0.1, 0.15) is 46.1 Å². The largest absolute Gasteiger partial charge is 0.342 e. The van der Waals surface area contributed by atoms with Crippen LogP contribution in [0.3, 0.4) is 0 Å². The molecule has 31 heavy (non-hydrogen) atoms. The maximum Gasteiger partial charge on any atom is 0.266 e. The van der Waals surface area contributed by atoms with Crippen LogP contribution in [0.25, 0.3) is 17.0 Å². The highest BCUT2D eigenvalue weighted by atomic mass is 32.2. The van der Waals surface area contributed by atoms with Crippen LogP contribution < -0.4 is 5.56 Å². The molecule has 1 saturated heterocycles. The Morgan fingerprint density at radius 2 is 1.97 bits per heavy atom. The minimum Gasteiger partial charge on any atom is -0.342 e. The lowest BCUT2D eigenvalue weighted by Crippen LogP contribution is -2.40. The van der Waals surface area contributed by atoms with E-state index in [4.69, 9.17) is 0 Å². The molecule has 0 radical (unpaired) electrons. The van der Waals surface area contributed by atoms with Gasteiger partial charge in [-0.2, -0.15) is 0 Å². The lowest BCUT2D eigenvalue weighted by Gasteiger charge is -2.30. The zero-order valence-electron chi connectivity index (χ0n) is 18.5. The van der Waals surface area contributed by atoms with Crippen molar-refractivity contribution in [3.8, 4) is 11.4 Å². The average Bonchev–Trinajstić information content (AvgIpc) is 3.11. The van der Waals surface area contributed by atoms with Gasteiger partial charge in [-0.3, -0.25) is 14.7 Å². The molecular weight excluding hydrogens is 410 g/mol. The number of nitrogens with zero attached hydrogens (tertiary/aromatic N) is 4. The molecule has 1 aliphatic heterocycles. The number of carbonyl (C=O) groups excluding carboxylic acids is 1. The third kappa shape index (κ3) is 4.84. The Labute approximate surface area is 186 Å². The smallest absolute Gasteiger partial charge is 0.266 e. The van der Waals surface area contributed by atoms with E-state index in [0.29, 0.717) is 22.5 Å². The van der Waals surface area contributed by atoms with E-state index in [9.17, 15) is 9.59 Å². The number of benzene rings is 1. The first-order valence-corrected chi connectivity index (χ1v) is 11.7. The fraction of sp³-hybridized carbons (Fsp3) is 0.478. The molecule has 0 aliphatic carbocycles. The number of fused-ring (bicyclic) bond motifs is 1. The second kappa shape index (κ2) is 8.49. The SMILES string of the molecule is C[C@@H]1CCCN(C(=O)CSc2nc(-c3ccc(C(C)(C)C)cc3)nc3cc(=O)[nH]n23)C1. The highest BCUT2D eigenvalue weighted by Crippen LogP contribution is 2.26. The molecule has 1 aromatic carbocycles. The van der Waals surface area contributed by atoms with Gasteiger partial charge in [-0.1, -0.05) is 63.7 Å². The summed E-state index contributed by atoms with van der Waals surface area (Å²) in [6.07, 6.45) is 2.22. The Balaban J connectivity index is 1.61. The van der Waals surface area contributed by atoms with Gasteiger partial charge in [-0.05, 0) is 29.7 Å². The van der Waals surface area contributed by atoms with Crippen LogP contribution in [-0.4, -0.2) is 49.2 Å². The van der Waals surface area contributed by atoms with Crippen molar-refractivity contribution >= 4 is 23.3 Å². The number of H-pyrrole nitrogens is 1. The summed E-state index contributed by atoms with van der Waals surface area (Å²) in [7, 11) is 0. The highest BCUT2D eigenvalue weighted by Gasteiger charge is 2.22. The molecule has 4 rings (SSSR count). The summed E-state index contributed by atoms with van der Waals surface area (Å²) >= 11 is 1.33. The van der Waals surface area contributed by atoms with Gasteiger partial charge < -0.3 is 4.90 Å². The Hall–Kier alpha value is -2.61. The molecule has 0 saturated carbocycles. The first-order valence-electron chi connectivity index (χ1n) is 10.7.